The van der Waals surface area contributed by atoms with Crippen LogP contribution in [0.2, 0.25) is 0 Å². The van der Waals surface area contributed by atoms with Crippen molar-refractivity contribution in [3.63, 3.8) is 0 Å². The van der Waals surface area contributed by atoms with E-state index in [1.807, 2.05) is 6.92 Å². The second-order valence-corrected chi connectivity index (χ2v) is 5.90. The SMILES string of the molecule is CCn1nc(C)c(Br)c1CNCC(C)c1ccccc1. The van der Waals surface area contributed by atoms with E-state index in [-0.39, 0.29) is 0 Å². The minimum atomic E-state index is 0.508. The van der Waals surface area contributed by atoms with Crippen molar-refractivity contribution in [2.75, 3.05) is 6.54 Å². The van der Waals surface area contributed by atoms with Gasteiger partial charge in [-0.25, -0.2) is 0 Å². The molecule has 0 saturated carbocycles. The van der Waals surface area contributed by atoms with Gasteiger partial charge in [-0.15, -0.1) is 0 Å². The first kappa shape index (κ1) is 15.3. The third-order valence-electron chi connectivity index (χ3n) is 3.56. The molecule has 0 aliphatic carbocycles. The van der Waals surface area contributed by atoms with E-state index < -0.39 is 0 Å². The number of hydrogen-bond donors (Lipinski definition) is 1. The molecule has 0 bridgehead atoms. The highest BCUT2D eigenvalue weighted by atomic mass is 79.9. The lowest BCUT2D eigenvalue weighted by atomic mass is 10.0. The van der Waals surface area contributed by atoms with Gasteiger partial charge in [0.2, 0.25) is 0 Å². The van der Waals surface area contributed by atoms with E-state index in [9.17, 15) is 0 Å². The molecule has 2 rings (SSSR count). The number of nitrogens with one attached hydrogen (secondary N) is 1. The molecule has 2 aromatic rings. The minimum Gasteiger partial charge on any atom is -0.311 e. The van der Waals surface area contributed by atoms with Gasteiger partial charge >= 0.3 is 0 Å². The number of rotatable bonds is 6. The molecule has 0 spiro atoms. The van der Waals surface area contributed by atoms with Gasteiger partial charge in [-0.3, -0.25) is 4.68 Å². The average molecular weight is 336 g/mol. The van der Waals surface area contributed by atoms with E-state index >= 15 is 0 Å². The molecule has 0 aliphatic heterocycles. The number of benzene rings is 1. The quantitative estimate of drug-likeness (QED) is 0.868. The summed E-state index contributed by atoms with van der Waals surface area (Å²) in [4.78, 5) is 0. The zero-order chi connectivity index (χ0) is 14.5. The Balaban J connectivity index is 1.93. The van der Waals surface area contributed by atoms with Crippen molar-refractivity contribution in [2.45, 2.75) is 39.8 Å². The third-order valence-corrected chi connectivity index (χ3v) is 4.60. The highest BCUT2D eigenvalue weighted by Crippen LogP contribution is 2.21. The van der Waals surface area contributed by atoms with Crippen LogP contribution in [0.15, 0.2) is 34.8 Å². The van der Waals surface area contributed by atoms with Crippen molar-refractivity contribution in [2.24, 2.45) is 0 Å². The Hall–Kier alpha value is -1.13. The van der Waals surface area contributed by atoms with Gasteiger partial charge in [0.25, 0.3) is 0 Å². The van der Waals surface area contributed by atoms with Crippen LogP contribution < -0.4 is 5.32 Å². The standard InChI is InChI=1S/C16H22BrN3/c1-4-20-15(16(17)13(3)19-20)11-18-10-12(2)14-8-6-5-7-9-14/h5-9,12,18H,4,10-11H2,1-3H3. The van der Waals surface area contributed by atoms with E-state index in [2.05, 4.69) is 75.2 Å². The lowest BCUT2D eigenvalue weighted by Crippen LogP contribution is -2.21. The number of hydrogen-bond acceptors (Lipinski definition) is 2. The smallest absolute Gasteiger partial charge is 0.0739 e. The summed E-state index contributed by atoms with van der Waals surface area (Å²) in [6.45, 7) is 9.11. The molecular weight excluding hydrogens is 314 g/mol. The van der Waals surface area contributed by atoms with Gasteiger partial charge in [-0.1, -0.05) is 37.3 Å². The predicted molar refractivity (Wildman–Crippen MR) is 86.9 cm³/mol. The first-order valence-corrected chi connectivity index (χ1v) is 7.90. The Labute approximate surface area is 129 Å². The third kappa shape index (κ3) is 3.49. The Morgan fingerprint density at radius 3 is 2.65 bits per heavy atom. The van der Waals surface area contributed by atoms with Crippen molar-refractivity contribution in [1.82, 2.24) is 15.1 Å². The fourth-order valence-corrected chi connectivity index (χ4v) is 2.77. The number of nitrogens with zero attached hydrogens (tertiary/aromatic N) is 2. The molecule has 1 N–H and O–H groups in total. The van der Waals surface area contributed by atoms with E-state index in [1.165, 1.54) is 11.3 Å². The van der Waals surface area contributed by atoms with Crippen LogP contribution in [-0.2, 0) is 13.1 Å². The Bertz CT molecular complexity index is 548. The first-order valence-electron chi connectivity index (χ1n) is 7.11. The van der Waals surface area contributed by atoms with Gasteiger partial charge in [-0.2, -0.15) is 5.10 Å². The second kappa shape index (κ2) is 7.04. The Morgan fingerprint density at radius 1 is 1.30 bits per heavy atom. The van der Waals surface area contributed by atoms with Crippen LogP contribution in [0.4, 0.5) is 0 Å². The van der Waals surface area contributed by atoms with Crippen LogP contribution in [0.25, 0.3) is 0 Å². The summed E-state index contributed by atoms with van der Waals surface area (Å²) in [6.07, 6.45) is 0. The van der Waals surface area contributed by atoms with Gasteiger partial charge in [0, 0.05) is 19.6 Å². The summed E-state index contributed by atoms with van der Waals surface area (Å²) in [6, 6.07) is 10.6. The van der Waals surface area contributed by atoms with E-state index in [4.69, 9.17) is 0 Å². The summed E-state index contributed by atoms with van der Waals surface area (Å²) in [7, 11) is 0. The summed E-state index contributed by atoms with van der Waals surface area (Å²) in [5.74, 6) is 0.508. The number of aryl methyl sites for hydroxylation is 2. The van der Waals surface area contributed by atoms with Gasteiger partial charge in [0.15, 0.2) is 0 Å². The molecule has 20 heavy (non-hydrogen) atoms. The molecule has 4 heteroatoms. The molecule has 3 nitrogen and oxygen atoms in total. The lowest BCUT2D eigenvalue weighted by Gasteiger charge is -2.13. The molecule has 108 valence electrons. The summed E-state index contributed by atoms with van der Waals surface area (Å²) < 4.78 is 3.18. The fraction of sp³-hybridized carbons (Fsp3) is 0.438. The molecular formula is C16H22BrN3. The van der Waals surface area contributed by atoms with Crippen LogP contribution in [0.5, 0.6) is 0 Å². The van der Waals surface area contributed by atoms with Gasteiger partial charge in [0.1, 0.15) is 0 Å². The topological polar surface area (TPSA) is 29.9 Å². The van der Waals surface area contributed by atoms with E-state index in [0.717, 1.165) is 29.8 Å². The van der Waals surface area contributed by atoms with E-state index in [1.54, 1.807) is 0 Å². The van der Waals surface area contributed by atoms with Crippen LogP contribution in [0.3, 0.4) is 0 Å². The predicted octanol–water partition coefficient (Wildman–Crippen LogP) is 3.87. The molecule has 1 unspecified atom stereocenters. The zero-order valence-electron chi connectivity index (χ0n) is 12.4. The maximum atomic E-state index is 4.51. The monoisotopic (exact) mass is 335 g/mol. The number of aromatic nitrogens is 2. The molecule has 1 aromatic carbocycles. The highest BCUT2D eigenvalue weighted by Gasteiger charge is 2.12. The molecule has 0 aliphatic rings. The maximum absolute atomic E-state index is 4.51. The summed E-state index contributed by atoms with van der Waals surface area (Å²) >= 11 is 3.63. The molecule has 1 atom stereocenters. The lowest BCUT2D eigenvalue weighted by molar-refractivity contribution is 0.558. The maximum Gasteiger partial charge on any atom is 0.0739 e. The van der Waals surface area contributed by atoms with Crippen LogP contribution in [0.1, 0.15) is 36.7 Å². The van der Waals surface area contributed by atoms with Crippen molar-refractivity contribution in [3.05, 3.63) is 51.8 Å². The molecule has 1 heterocycles. The summed E-state index contributed by atoms with van der Waals surface area (Å²) in [5, 5.41) is 8.05. The van der Waals surface area contributed by atoms with Gasteiger partial charge < -0.3 is 5.32 Å². The first-order chi connectivity index (χ1) is 9.63. The Morgan fingerprint density at radius 2 is 2.00 bits per heavy atom. The molecule has 0 amide bonds. The molecule has 0 radical (unpaired) electrons. The normalized spacial score (nSPS) is 12.6. The van der Waals surface area contributed by atoms with Crippen molar-refractivity contribution < 1.29 is 0 Å². The summed E-state index contributed by atoms with van der Waals surface area (Å²) in [5.41, 5.74) is 3.66. The second-order valence-electron chi connectivity index (χ2n) is 5.10. The largest absolute Gasteiger partial charge is 0.311 e. The average Bonchev–Trinajstić information content (AvgIpc) is 2.75. The Kier molecular flexibility index (Phi) is 5.38. The van der Waals surface area contributed by atoms with Crippen LogP contribution >= 0.6 is 15.9 Å². The molecule has 0 fully saturated rings. The highest BCUT2D eigenvalue weighted by molar-refractivity contribution is 9.10. The minimum absolute atomic E-state index is 0.508. The van der Waals surface area contributed by atoms with Crippen LogP contribution in [-0.4, -0.2) is 16.3 Å². The van der Waals surface area contributed by atoms with Crippen LogP contribution in [0, 0.1) is 6.92 Å². The van der Waals surface area contributed by atoms with Crippen molar-refractivity contribution in [1.29, 1.82) is 0 Å². The molecule has 1 aromatic heterocycles. The molecule has 0 saturated heterocycles. The van der Waals surface area contributed by atoms with Gasteiger partial charge in [0.05, 0.1) is 15.9 Å². The van der Waals surface area contributed by atoms with Crippen molar-refractivity contribution in [3.8, 4) is 0 Å². The van der Waals surface area contributed by atoms with Gasteiger partial charge in [-0.05, 0) is 41.3 Å². The number of halogens is 1. The fourth-order valence-electron chi connectivity index (χ4n) is 2.34. The van der Waals surface area contributed by atoms with E-state index in [0.29, 0.717) is 5.92 Å². The zero-order valence-corrected chi connectivity index (χ0v) is 13.9. The van der Waals surface area contributed by atoms with Crippen molar-refractivity contribution >= 4 is 15.9 Å².